The topological polar surface area (TPSA) is 262 Å². The Morgan fingerprint density at radius 3 is 2.00 bits per heavy atom. The first-order valence-electron chi connectivity index (χ1n) is 16.6. The lowest BCUT2D eigenvalue weighted by Crippen LogP contribution is -2.60. The van der Waals surface area contributed by atoms with Crippen LogP contribution in [-0.2, 0) is 33.6 Å². The third-order valence-corrected chi connectivity index (χ3v) is 8.63. The molecular formula is C31H54N10O7. The smallest absolute Gasteiger partial charge is 0.245 e. The third-order valence-electron chi connectivity index (χ3n) is 8.63. The van der Waals surface area contributed by atoms with Gasteiger partial charge in [0.05, 0.1) is 19.0 Å². The average molecular weight is 679 g/mol. The van der Waals surface area contributed by atoms with Gasteiger partial charge < -0.3 is 43.0 Å². The Morgan fingerprint density at radius 1 is 0.812 bits per heavy atom. The van der Waals surface area contributed by atoms with Gasteiger partial charge in [-0.1, -0.05) is 27.7 Å². The monoisotopic (exact) mass is 678 g/mol. The molecule has 5 atom stereocenters. The molecule has 0 spiro atoms. The molecule has 0 saturated carbocycles. The Kier molecular flexibility index (Phi) is 15.7. The first-order valence-corrected chi connectivity index (χ1v) is 16.6. The number of hydrogen-bond donors (Lipinski definition) is 8. The normalized spacial score (nSPS) is 19.7. The molecule has 0 aromatic rings. The number of nitrogens with one attached hydrogen (secondary N) is 6. The molecule has 6 amide bonds. The van der Waals surface area contributed by atoms with Crippen molar-refractivity contribution in [3.63, 3.8) is 0 Å². The summed E-state index contributed by atoms with van der Waals surface area (Å²) >= 11 is 0. The minimum absolute atomic E-state index is 0.0678. The molecule has 2 aliphatic heterocycles. The fraction of sp³-hybridized carbons (Fsp3) is 0.742. The van der Waals surface area contributed by atoms with Gasteiger partial charge in [0.2, 0.25) is 35.4 Å². The molecule has 2 saturated heterocycles. The highest BCUT2D eigenvalue weighted by Crippen LogP contribution is 2.20. The molecule has 48 heavy (non-hydrogen) atoms. The predicted octanol–water partition coefficient (Wildman–Crippen LogP) is -2.34. The summed E-state index contributed by atoms with van der Waals surface area (Å²) in [4.78, 5) is 94.2. The molecule has 0 aromatic carbocycles. The summed E-state index contributed by atoms with van der Waals surface area (Å²) in [5, 5.41) is 20.6. The third kappa shape index (κ3) is 12.1. The van der Waals surface area contributed by atoms with Crippen LogP contribution in [0.1, 0.15) is 72.6 Å². The van der Waals surface area contributed by atoms with Crippen molar-refractivity contribution in [2.75, 3.05) is 33.2 Å². The van der Waals surface area contributed by atoms with Crippen LogP contribution in [-0.4, -0.2) is 120 Å². The van der Waals surface area contributed by atoms with Crippen LogP contribution in [0.4, 0.5) is 0 Å². The standard InChI is InChI=1S/C31H54N10O7/c1-17(2)23(42)16-36-27(45)22-11-8-14-41(22)30(48)19(9-6-12-35-31(33)34)37-26(44)20(15-24(32)43)38-29(47)25(18(3)4)39-28(46)21-10-7-13-40(21)5/h17-22,25H,6-16H2,1-5H3,(H2,32,43)(H,36,45)(H,37,44)(H,38,47)(H,39,46)(H4,33,34,35)/t19-,20-,21-,22-,25-/m0/s1. The van der Waals surface area contributed by atoms with Gasteiger partial charge in [-0.25, -0.2) is 0 Å². The number of Topliss-reactive ketones (excluding diaryl/α,β-unsaturated/α-hetero) is 1. The van der Waals surface area contributed by atoms with E-state index in [2.05, 4.69) is 26.6 Å². The number of carbonyl (C=O) groups excluding carboxylic acids is 7. The molecule has 0 bridgehead atoms. The minimum atomic E-state index is -1.47. The van der Waals surface area contributed by atoms with Crippen LogP contribution < -0.4 is 38.1 Å². The Hall–Kier alpha value is -4.28. The van der Waals surface area contributed by atoms with Gasteiger partial charge in [-0.3, -0.25) is 43.9 Å². The Bertz CT molecular complexity index is 1210. The molecule has 2 aliphatic rings. The summed E-state index contributed by atoms with van der Waals surface area (Å²) in [5.74, 6) is -4.86. The van der Waals surface area contributed by atoms with Crippen LogP contribution in [0.2, 0.25) is 0 Å². The lowest BCUT2D eigenvalue weighted by Gasteiger charge is -2.30. The van der Waals surface area contributed by atoms with Crippen LogP contribution in [0.15, 0.2) is 0 Å². The zero-order valence-electron chi connectivity index (χ0n) is 28.7. The minimum Gasteiger partial charge on any atom is -0.370 e. The fourth-order valence-electron chi connectivity index (χ4n) is 5.76. The van der Waals surface area contributed by atoms with Crippen molar-refractivity contribution < 1.29 is 33.6 Å². The van der Waals surface area contributed by atoms with Gasteiger partial charge in [-0.05, 0) is 58.0 Å². The maximum atomic E-state index is 13.9. The molecule has 0 aliphatic carbocycles. The molecule has 17 heteroatoms. The van der Waals surface area contributed by atoms with Crippen LogP contribution in [0.25, 0.3) is 0 Å². The zero-order chi connectivity index (χ0) is 36.1. The van der Waals surface area contributed by atoms with Crippen LogP contribution in [0, 0.1) is 17.2 Å². The number of guanidine groups is 1. The Labute approximate surface area is 281 Å². The van der Waals surface area contributed by atoms with Crippen molar-refractivity contribution in [1.29, 1.82) is 5.41 Å². The molecule has 0 unspecified atom stereocenters. The van der Waals surface area contributed by atoms with E-state index in [9.17, 15) is 33.6 Å². The average Bonchev–Trinajstić information content (AvgIpc) is 3.67. The molecule has 2 fully saturated rings. The van der Waals surface area contributed by atoms with E-state index >= 15 is 0 Å². The fourth-order valence-corrected chi connectivity index (χ4v) is 5.76. The van der Waals surface area contributed by atoms with Gasteiger partial charge >= 0.3 is 0 Å². The van der Waals surface area contributed by atoms with E-state index in [1.54, 1.807) is 27.7 Å². The van der Waals surface area contributed by atoms with E-state index < -0.39 is 60.1 Å². The van der Waals surface area contributed by atoms with Gasteiger partial charge in [-0.2, -0.15) is 0 Å². The SMILES string of the molecule is CC(C)C(=O)CNC(=O)[C@@H]1CCCN1C(=O)[C@H](CCCNC(=N)N)NC(=O)[C@H](CC(N)=O)NC(=O)[C@@H](NC(=O)[C@@H]1CCCN1C)C(C)C. The number of amides is 6. The maximum absolute atomic E-state index is 13.9. The molecule has 0 radical (unpaired) electrons. The van der Waals surface area contributed by atoms with E-state index in [0.717, 1.165) is 13.0 Å². The molecule has 2 heterocycles. The number of primary amides is 1. The second kappa shape index (κ2) is 18.9. The van der Waals surface area contributed by atoms with Gasteiger partial charge in [0.15, 0.2) is 11.7 Å². The van der Waals surface area contributed by atoms with Gasteiger partial charge in [-0.15, -0.1) is 0 Å². The predicted molar refractivity (Wildman–Crippen MR) is 177 cm³/mol. The van der Waals surface area contributed by atoms with E-state index in [-0.39, 0.29) is 68.0 Å². The van der Waals surface area contributed by atoms with E-state index in [0.29, 0.717) is 19.3 Å². The zero-order valence-corrected chi connectivity index (χ0v) is 28.7. The summed E-state index contributed by atoms with van der Waals surface area (Å²) in [6.45, 7) is 7.93. The van der Waals surface area contributed by atoms with Crippen LogP contribution >= 0.6 is 0 Å². The lowest BCUT2D eigenvalue weighted by atomic mass is 10.0. The number of nitrogens with two attached hydrogens (primary N) is 2. The second-order valence-corrected chi connectivity index (χ2v) is 13.2. The van der Waals surface area contributed by atoms with Crippen molar-refractivity contribution in [2.24, 2.45) is 23.3 Å². The summed E-state index contributed by atoms with van der Waals surface area (Å²) in [5.41, 5.74) is 10.8. The number of nitrogens with zero attached hydrogens (tertiary/aromatic N) is 2. The largest absolute Gasteiger partial charge is 0.370 e. The van der Waals surface area contributed by atoms with Crippen LogP contribution in [0.3, 0.4) is 0 Å². The number of likely N-dealkylation sites (N-methyl/N-ethyl adjacent to an activating group) is 1. The molecule has 0 aromatic heterocycles. The summed E-state index contributed by atoms with van der Waals surface area (Å²) in [7, 11) is 1.83. The number of hydrogen-bond acceptors (Lipinski definition) is 9. The number of ketones is 1. The van der Waals surface area contributed by atoms with E-state index in [1.165, 1.54) is 4.90 Å². The number of carbonyl (C=O) groups is 7. The van der Waals surface area contributed by atoms with E-state index in [1.807, 2.05) is 11.9 Å². The van der Waals surface area contributed by atoms with Crippen molar-refractivity contribution in [1.82, 2.24) is 36.4 Å². The first-order chi connectivity index (χ1) is 22.5. The summed E-state index contributed by atoms with van der Waals surface area (Å²) < 4.78 is 0. The van der Waals surface area contributed by atoms with Crippen molar-refractivity contribution in [2.45, 2.75) is 103 Å². The second-order valence-electron chi connectivity index (χ2n) is 13.2. The molecule has 2 rings (SSSR count). The van der Waals surface area contributed by atoms with Crippen LogP contribution in [0.5, 0.6) is 0 Å². The number of rotatable bonds is 18. The Morgan fingerprint density at radius 2 is 1.44 bits per heavy atom. The van der Waals surface area contributed by atoms with E-state index in [4.69, 9.17) is 16.9 Å². The van der Waals surface area contributed by atoms with Gasteiger partial charge in [0, 0.05) is 19.0 Å². The quantitative estimate of drug-likeness (QED) is 0.0435. The lowest BCUT2D eigenvalue weighted by molar-refractivity contribution is -0.142. The molecular weight excluding hydrogens is 624 g/mol. The number of likely N-dealkylation sites (tertiary alicyclic amines) is 2. The van der Waals surface area contributed by atoms with Gasteiger partial charge in [0.25, 0.3) is 0 Å². The molecule has 17 nitrogen and oxygen atoms in total. The van der Waals surface area contributed by atoms with Crippen molar-refractivity contribution in [3.8, 4) is 0 Å². The van der Waals surface area contributed by atoms with Crippen molar-refractivity contribution in [3.05, 3.63) is 0 Å². The first kappa shape index (κ1) is 39.9. The van der Waals surface area contributed by atoms with Crippen molar-refractivity contribution >= 4 is 47.2 Å². The highest BCUT2D eigenvalue weighted by atomic mass is 16.2. The highest BCUT2D eigenvalue weighted by molar-refractivity contribution is 5.98. The Balaban J connectivity index is 2.23. The van der Waals surface area contributed by atoms with Gasteiger partial charge in [0.1, 0.15) is 24.2 Å². The summed E-state index contributed by atoms with van der Waals surface area (Å²) in [6, 6.07) is -4.91. The highest BCUT2D eigenvalue weighted by Gasteiger charge is 2.39. The summed E-state index contributed by atoms with van der Waals surface area (Å²) in [6.07, 6.45) is 2.15. The molecule has 10 N–H and O–H groups in total. The molecule has 270 valence electrons. The maximum Gasteiger partial charge on any atom is 0.245 e.